The molecule has 2 aromatic rings. The predicted octanol–water partition coefficient (Wildman–Crippen LogP) is 3.23. The minimum atomic E-state index is -0.494. The highest BCUT2D eigenvalue weighted by atomic mass is 16.6. The second-order valence-corrected chi connectivity index (χ2v) is 4.03. The summed E-state index contributed by atoms with van der Waals surface area (Å²) in [4.78, 5) is 10.1. The van der Waals surface area contributed by atoms with Gasteiger partial charge in [0, 0.05) is 17.4 Å². The van der Waals surface area contributed by atoms with Gasteiger partial charge < -0.3 is 11.1 Å². The van der Waals surface area contributed by atoms with E-state index in [4.69, 9.17) is 5.73 Å². The van der Waals surface area contributed by atoms with Crippen LogP contribution in [-0.2, 0) is 0 Å². The van der Waals surface area contributed by atoms with Gasteiger partial charge in [0.05, 0.1) is 4.92 Å². The van der Waals surface area contributed by atoms with Gasteiger partial charge in [0.2, 0.25) is 0 Å². The Kier molecular flexibility index (Phi) is 3.14. The van der Waals surface area contributed by atoms with E-state index < -0.39 is 4.92 Å². The van der Waals surface area contributed by atoms with E-state index >= 15 is 0 Å². The zero-order valence-electron chi connectivity index (χ0n) is 9.88. The standard InChI is InChI=1S/C13H13N3O2/c1-9-3-2-4-10(7-9)15-11-5-6-13(16(17)18)12(14)8-11/h2-8,15H,14H2,1H3. The summed E-state index contributed by atoms with van der Waals surface area (Å²) in [5.41, 5.74) is 8.48. The average Bonchev–Trinajstić information content (AvgIpc) is 2.28. The third kappa shape index (κ3) is 2.57. The summed E-state index contributed by atoms with van der Waals surface area (Å²) in [5, 5.41) is 13.8. The molecule has 0 aliphatic rings. The molecule has 18 heavy (non-hydrogen) atoms. The first-order valence-electron chi connectivity index (χ1n) is 5.44. The Bertz CT molecular complexity index is 597. The number of nitrogens with one attached hydrogen (secondary N) is 1. The summed E-state index contributed by atoms with van der Waals surface area (Å²) >= 11 is 0. The Morgan fingerprint density at radius 2 is 1.89 bits per heavy atom. The maximum absolute atomic E-state index is 10.6. The quantitative estimate of drug-likeness (QED) is 0.492. The lowest BCUT2D eigenvalue weighted by Gasteiger charge is -2.08. The van der Waals surface area contributed by atoms with Gasteiger partial charge in [-0.05, 0) is 36.8 Å². The van der Waals surface area contributed by atoms with Crippen LogP contribution in [0.2, 0.25) is 0 Å². The number of nitrogen functional groups attached to an aromatic ring is 1. The number of nitrogens with two attached hydrogens (primary N) is 1. The zero-order valence-corrected chi connectivity index (χ0v) is 9.88. The molecule has 0 atom stereocenters. The van der Waals surface area contributed by atoms with Crippen molar-refractivity contribution >= 4 is 22.7 Å². The van der Waals surface area contributed by atoms with Crippen molar-refractivity contribution in [3.63, 3.8) is 0 Å². The van der Waals surface area contributed by atoms with Crippen molar-refractivity contribution in [2.24, 2.45) is 0 Å². The molecule has 0 radical (unpaired) electrons. The summed E-state index contributed by atoms with van der Waals surface area (Å²) in [6, 6.07) is 12.4. The summed E-state index contributed by atoms with van der Waals surface area (Å²) in [6.07, 6.45) is 0. The van der Waals surface area contributed by atoms with E-state index in [2.05, 4.69) is 5.32 Å². The molecule has 0 saturated heterocycles. The first-order chi connectivity index (χ1) is 8.56. The van der Waals surface area contributed by atoms with E-state index in [0.717, 1.165) is 16.9 Å². The van der Waals surface area contributed by atoms with E-state index in [1.165, 1.54) is 6.07 Å². The molecule has 0 aromatic heterocycles. The fourth-order valence-electron chi connectivity index (χ4n) is 1.69. The Balaban J connectivity index is 2.25. The molecule has 0 heterocycles. The fraction of sp³-hybridized carbons (Fsp3) is 0.0769. The van der Waals surface area contributed by atoms with Gasteiger partial charge in [0.1, 0.15) is 5.69 Å². The van der Waals surface area contributed by atoms with Crippen molar-refractivity contribution in [3.8, 4) is 0 Å². The molecule has 2 aromatic carbocycles. The van der Waals surface area contributed by atoms with Gasteiger partial charge in [-0.15, -0.1) is 0 Å². The predicted molar refractivity (Wildman–Crippen MR) is 72.0 cm³/mol. The minimum Gasteiger partial charge on any atom is -0.393 e. The van der Waals surface area contributed by atoms with Crippen LogP contribution in [0.1, 0.15) is 5.56 Å². The van der Waals surface area contributed by atoms with E-state index in [1.54, 1.807) is 12.1 Å². The largest absolute Gasteiger partial charge is 0.393 e. The van der Waals surface area contributed by atoms with Crippen LogP contribution in [0.5, 0.6) is 0 Å². The summed E-state index contributed by atoms with van der Waals surface area (Å²) < 4.78 is 0. The van der Waals surface area contributed by atoms with Gasteiger partial charge >= 0.3 is 0 Å². The lowest BCUT2D eigenvalue weighted by molar-refractivity contribution is -0.383. The number of hydrogen-bond acceptors (Lipinski definition) is 4. The Labute approximate surface area is 104 Å². The molecule has 0 spiro atoms. The van der Waals surface area contributed by atoms with Crippen LogP contribution < -0.4 is 11.1 Å². The molecule has 92 valence electrons. The molecular formula is C13H13N3O2. The van der Waals surface area contributed by atoms with Crippen molar-refractivity contribution in [2.45, 2.75) is 6.92 Å². The zero-order chi connectivity index (χ0) is 13.1. The smallest absolute Gasteiger partial charge is 0.292 e. The number of anilines is 3. The highest BCUT2D eigenvalue weighted by Crippen LogP contribution is 2.26. The van der Waals surface area contributed by atoms with Crippen LogP contribution in [0.15, 0.2) is 42.5 Å². The van der Waals surface area contributed by atoms with Gasteiger partial charge in [0.15, 0.2) is 0 Å². The third-order valence-corrected chi connectivity index (χ3v) is 2.53. The van der Waals surface area contributed by atoms with Crippen LogP contribution in [-0.4, -0.2) is 4.92 Å². The molecule has 0 unspecified atom stereocenters. The number of hydrogen-bond donors (Lipinski definition) is 2. The molecule has 0 fully saturated rings. The van der Waals surface area contributed by atoms with Crippen molar-refractivity contribution in [1.82, 2.24) is 0 Å². The summed E-state index contributed by atoms with van der Waals surface area (Å²) in [7, 11) is 0. The molecular weight excluding hydrogens is 230 g/mol. The van der Waals surface area contributed by atoms with Gasteiger partial charge in [-0.1, -0.05) is 12.1 Å². The van der Waals surface area contributed by atoms with E-state index in [-0.39, 0.29) is 11.4 Å². The molecule has 5 heteroatoms. The van der Waals surface area contributed by atoms with Crippen molar-refractivity contribution in [2.75, 3.05) is 11.1 Å². The second kappa shape index (κ2) is 4.75. The highest BCUT2D eigenvalue weighted by molar-refractivity contribution is 5.70. The van der Waals surface area contributed by atoms with Crippen LogP contribution in [0.3, 0.4) is 0 Å². The van der Waals surface area contributed by atoms with E-state index in [1.807, 2.05) is 31.2 Å². The van der Waals surface area contributed by atoms with Gasteiger partial charge in [0.25, 0.3) is 5.69 Å². The summed E-state index contributed by atoms with van der Waals surface area (Å²) in [6.45, 7) is 2.00. The molecule has 0 aliphatic carbocycles. The summed E-state index contributed by atoms with van der Waals surface area (Å²) in [5.74, 6) is 0. The number of nitro groups is 1. The maximum atomic E-state index is 10.6. The first-order valence-corrected chi connectivity index (χ1v) is 5.44. The molecule has 0 amide bonds. The van der Waals surface area contributed by atoms with Crippen LogP contribution >= 0.6 is 0 Å². The normalized spacial score (nSPS) is 10.1. The topological polar surface area (TPSA) is 81.2 Å². The van der Waals surface area contributed by atoms with E-state index in [0.29, 0.717) is 0 Å². The number of rotatable bonds is 3. The number of nitrogens with zero attached hydrogens (tertiary/aromatic N) is 1. The fourth-order valence-corrected chi connectivity index (χ4v) is 1.69. The van der Waals surface area contributed by atoms with Gasteiger partial charge in [-0.3, -0.25) is 10.1 Å². The second-order valence-electron chi connectivity index (χ2n) is 4.03. The molecule has 2 rings (SSSR count). The van der Waals surface area contributed by atoms with Crippen LogP contribution in [0, 0.1) is 17.0 Å². The van der Waals surface area contributed by atoms with Crippen LogP contribution in [0.4, 0.5) is 22.7 Å². The number of nitro benzene ring substituents is 1. The van der Waals surface area contributed by atoms with Crippen molar-refractivity contribution < 1.29 is 4.92 Å². The highest BCUT2D eigenvalue weighted by Gasteiger charge is 2.10. The van der Waals surface area contributed by atoms with Gasteiger partial charge in [-0.25, -0.2) is 0 Å². The monoisotopic (exact) mass is 243 g/mol. The minimum absolute atomic E-state index is 0.0789. The lowest BCUT2D eigenvalue weighted by atomic mass is 10.2. The van der Waals surface area contributed by atoms with Crippen molar-refractivity contribution in [3.05, 3.63) is 58.1 Å². The number of aryl methyl sites for hydroxylation is 1. The Morgan fingerprint density at radius 1 is 1.17 bits per heavy atom. The molecule has 5 nitrogen and oxygen atoms in total. The van der Waals surface area contributed by atoms with Gasteiger partial charge in [-0.2, -0.15) is 0 Å². The molecule has 0 saturated carbocycles. The Hall–Kier alpha value is -2.56. The van der Waals surface area contributed by atoms with Crippen LogP contribution in [0.25, 0.3) is 0 Å². The van der Waals surface area contributed by atoms with E-state index in [9.17, 15) is 10.1 Å². The molecule has 0 bridgehead atoms. The average molecular weight is 243 g/mol. The lowest BCUT2D eigenvalue weighted by Crippen LogP contribution is -1.97. The maximum Gasteiger partial charge on any atom is 0.292 e. The third-order valence-electron chi connectivity index (χ3n) is 2.53. The van der Waals surface area contributed by atoms with Crippen molar-refractivity contribution in [1.29, 1.82) is 0 Å². The molecule has 0 aliphatic heterocycles. The first kappa shape index (κ1) is 11.9. The molecule has 3 N–H and O–H groups in total. The number of benzene rings is 2. The SMILES string of the molecule is Cc1cccc(Nc2ccc([N+](=O)[O-])c(N)c2)c1. The Morgan fingerprint density at radius 3 is 2.50 bits per heavy atom.